The number of carbonyl (C=O) groups excluding carboxylic acids is 1. The SMILES string of the molecule is COCC(=O)Nc1cccc(C(=O)O)n1. The van der Waals surface area contributed by atoms with Gasteiger partial charge in [0.15, 0.2) is 5.69 Å². The van der Waals surface area contributed by atoms with E-state index in [4.69, 9.17) is 5.11 Å². The molecule has 0 spiro atoms. The minimum absolute atomic E-state index is 0.0982. The lowest BCUT2D eigenvalue weighted by Gasteiger charge is -2.03. The van der Waals surface area contributed by atoms with Gasteiger partial charge in [-0.25, -0.2) is 9.78 Å². The molecule has 0 atom stereocenters. The first-order chi connectivity index (χ1) is 7.13. The Morgan fingerprint density at radius 1 is 1.53 bits per heavy atom. The van der Waals surface area contributed by atoms with Gasteiger partial charge >= 0.3 is 5.97 Å². The van der Waals surface area contributed by atoms with Crippen LogP contribution in [0.3, 0.4) is 0 Å². The standard InChI is InChI=1S/C9H10N2O4/c1-15-5-8(12)11-7-4-2-3-6(10-7)9(13)14/h2-4H,5H2,1H3,(H,13,14)(H,10,11,12). The van der Waals surface area contributed by atoms with Crippen LogP contribution >= 0.6 is 0 Å². The van der Waals surface area contributed by atoms with Crippen molar-refractivity contribution in [2.45, 2.75) is 0 Å². The van der Waals surface area contributed by atoms with Gasteiger partial charge in [-0.15, -0.1) is 0 Å². The summed E-state index contributed by atoms with van der Waals surface area (Å²) in [6.07, 6.45) is 0. The summed E-state index contributed by atoms with van der Waals surface area (Å²) in [6.45, 7) is -0.0982. The maximum Gasteiger partial charge on any atom is 0.354 e. The van der Waals surface area contributed by atoms with Gasteiger partial charge in [0.05, 0.1) is 0 Å². The molecule has 1 heterocycles. The van der Waals surface area contributed by atoms with Gasteiger partial charge in [0.25, 0.3) is 5.91 Å². The lowest BCUT2D eigenvalue weighted by molar-refractivity contribution is -0.119. The molecule has 6 heteroatoms. The first-order valence-electron chi connectivity index (χ1n) is 4.12. The van der Waals surface area contributed by atoms with Gasteiger partial charge in [-0.1, -0.05) is 6.07 Å². The molecule has 6 nitrogen and oxygen atoms in total. The first kappa shape index (κ1) is 11.1. The Kier molecular flexibility index (Phi) is 3.75. The largest absolute Gasteiger partial charge is 0.477 e. The summed E-state index contributed by atoms with van der Waals surface area (Å²) in [4.78, 5) is 25.3. The van der Waals surface area contributed by atoms with E-state index in [1.54, 1.807) is 0 Å². The monoisotopic (exact) mass is 210 g/mol. The van der Waals surface area contributed by atoms with E-state index in [1.807, 2.05) is 0 Å². The predicted molar refractivity (Wildman–Crippen MR) is 51.7 cm³/mol. The maximum absolute atomic E-state index is 11.1. The van der Waals surface area contributed by atoms with E-state index in [1.165, 1.54) is 25.3 Å². The number of nitrogens with one attached hydrogen (secondary N) is 1. The summed E-state index contributed by atoms with van der Waals surface area (Å²) in [7, 11) is 1.39. The summed E-state index contributed by atoms with van der Waals surface area (Å²) in [5, 5.41) is 11.0. The molecule has 0 saturated heterocycles. The molecule has 0 unspecified atom stereocenters. The summed E-state index contributed by atoms with van der Waals surface area (Å²) < 4.78 is 4.60. The van der Waals surface area contributed by atoms with Crippen LogP contribution in [0.25, 0.3) is 0 Å². The number of amides is 1. The van der Waals surface area contributed by atoms with Crippen LogP contribution in [0.1, 0.15) is 10.5 Å². The van der Waals surface area contributed by atoms with Gasteiger partial charge < -0.3 is 15.2 Å². The van der Waals surface area contributed by atoms with Gasteiger partial charge in [0.1, 0.15) is 12.4 Å². The number of hydrogen-bond donors (Lipinski definition) is 2. The van der Waals surface area contributed by atoms with Crippen LogP contribution in [0.15, 0.2) is 18.2 Å². The molecular formula is C9H10N2O4. The summed E-state index contributed by atoms with van der Waals surface area (Å²) in [5.41, 5.74) is -0.120. The van der Waals surface area contributed by atoms with Gasteiger partial charge in [0.2, 0.25) is 0 Å². The molecular weight excluding hydrogens is 200 g/mol. The number of carboxylic acids is 1. The highest BCUT2D eigenvalue weighted by atomic mass is 16.5. The van der Waals surface area contributed by atoms with E-state index in [0.29, 0.717) is 0 Å². The second-order valence-electron chi connectivity index (χ2n) is 2.69. The molecule has 2 N–H and O–H groups in total. The minimum Gasteiger partial charge on any atom is -0.477 e. The molecule has 0 fully saturated rings. The topological polar surface area (TPSA) is 88.5 Å². The van der Waals surface area contributed by atoms with Crippen molar-refractivity contribution in [2.24, 2.45) is 0 Å². The number of nitrogens with zero attached hydrogens (tertiary/aromatic N) is 1. The first-order valence-corrected chi connectivity index (χ1v) is 4.12. The average Bonchev–Trinajstić information content (AvgIpc) is 2.18. The van der Waals surface area contributed by atoms with Crippen LogP contribution in [0, 0.1) is 0 Å². The molecule has 1 amide bonds. The molecule has 1 aromatic rings. The number of ether oxygens (including phenoxy) is 1. The molecule has 0 radical (unpaired) electrons. The number of hydrogen-bond acceptors (Lipinski definition) is 4. The Labute approximate surface area is 85.9 Å². The molecule has 0 aromatic carbocycles. The van der Waals surface area contributed by atoms with Gasteiger partial charge in [-0.05, 0) is 12.1 Å². The highest BCUT2D eigenvalue weighted by molar-refractivity contribution is 5.92. The molecule has 0 aliphatic carbocycles. The lowest BCUT2D eigenvalue weighted by Crippen LogP contribution is -2.18. The van der Waals surface area contributed by atoms with Crippen molar-refractivity contribution in [3.05, 3.63) is 23.9 Å². The van der Waals surface area contributed by atoms with Gasteiger partial charge in [0, 0.05) is 7.11 Å². The normalized spacial score (nSPS) is 9.67. The summed E-state index contributed by atoms with van der Waals surface area (Å²) in [5.74, 6) is -1.33. The second kappa shape index (κ2) is 5.06. The van der Waals surface area contributed by atoms with Crippen LogP contribution in [-0.4, -0.2) is 35.7 Å². The van der Waals surface area contributed by atoms with E-state index in [0.717, 1.165) is 0 Å². The quantitative estimate of drug-likeness (QED) is 0.749. The van der Waals surface area contributed by atoms with E-state index in [2.05, 4.69) is 15.0 Å². The van der Waals surface area contributed by atoms with Crippen LogP contribution < -0.4 is 5.32 Å². The highest BCUT2D eigenvalue weighted by Gasteiger charge is 2.07. The fourth-order valence-electron chi connectivity index (χ4n) is 0.933. The summed E-state index contributed by atoms with van der Waals surface area (Å²) in [6, 6.07) is 4.34. The maximum atomic E-state index is 11.1. The van der Waals surface area contributed by atoms with Crippen LogP contribution in [0.4, 0.5) is 5.82 Å². The molecule has 1 rings (SSSR count). The van der Waals surface area contributed by atoms with Crippen LogP contribution in [0.5, 0.6) is 0 Å². The van der Waals surface area contributed by atoms with Crippen molar-refractivity contribution < 1.29 is 19.4 Å². The number of anilines is 1. The lowest BCUT2D eigenvalue weighted by atomic mass is 10.3. The molecule has 1 aromatic heterocycles. The van der Waals surface area contributed by atoms with E-state index >= 15 is 0 Å². The smallest absolute Gasteiger partial charge is 0.354 e. The summed E-state index contributed by atoms with van der Waals surface area (Å²) >= 11 is 0. The number of aromatic nitrogens is 1. The third-order valence-electron chi connectivity index (χ3n) is 1.51. The number of carboxylic acid groups (broad SMARTS) is 1. The molecule has 0 aliphatic heterocycles. The third kappa shape index (κ3) is 3.35. The Morgan fingerprint density at radius 3 is 2.87 bits per heavy atom. The number of carbonyl (C=O) groups is 2. The van der Waals surface area contributed by atoms with E-state index < -0.39 is 5.97 Å². The zero-order valence-electron chi connectivity index (χ0n) is 8.06. The van der Waals surface area contributed by atoms with Gasteiger partial charge in [-0.2, -0.15) is 0 Å². The fourth-order valence-corrected chi connectivity index (χ4v) is 0.933. The Balaban J connectivity index is 2.73. The van der Waals surface area contributed by atoms with Crippen molar-refractivity contribution in [3.8, 4) is 0 Å². The van der Waals surface area contributed by atoms with Crippen LogP contribution in [-0.2, 0) is 9.53 Å². The molecule has 0 bridgehead atoms. The molecule has 80 valence electrons. The van der Waals surface area contributed by atoms with Crippen molar-refractivity contribution >= 4 is 17.7 Å². The number of rotatable bonds is 4. The molecule has 0 saturated carbocycles. The minimum atomic E-state index is -1.14. The zero-order chi connectivity index (χ0) is 11.3. The predicted octanol–water partition coefficient (Wildman–Crippen LogP) is 0.365. The third-order valence-corrected chi connectivity index (χ3v) is 1.51. The van der Waals surface area contributed by atoms with E-state index in [9.17, 15) is 9.59 Å². The Hall–Kier alpha value is -1.95. The van der Waals surface area contributed by atoms with Crippen molar-refractivity contribution in [1.29, 1.82) is 0 Å². The second-order valence-corrected chi connectivity index (χ2v) is 2.69. The number of methoxy groups -OCH3 is 1. The van der Waals surface area contributed by atoms with Crippen molar-refractivity contribution in [3.63, 3.8) is 0 Å². The Morgan fingerprint density at radius 2 is 2.27 bits per heavy atom. The van der Waals surface area contributed by atoms with Gasteiger partial charge in [-0.3, -0.25) is 4.79 Å². The van der Waals surface area contributed by atoms with Crippen molar-refractivity contribution in [1.82, 2.24) is 4.98 Å². The molecule has 15 heavy (non-hydrogen) atoms. The number of pyridine rings is 1. The Bertz CT molecular complexity index is 378. The van der Waals surface area contributed by atoms with Crippen LogP contribution in [0.2, 0.25) is 0 Å². The van der Waals surface area contributed by atoms with Crippen molar-refractivity contribution in [2.75, 3.05) is 19.0 Å². The fraction of sp³-hybridized carbons (Fsp3) is 0.222. The average molecular weight is 210 g/mol. The number of aromatic carboxylic acids is 1. The zero-order valence-corrected chi connectivity index (χ0v) is 8.06. The van der Waals surface area contributed by atoms with E-state index in [-0.39, 0.29) is 24.0 Å². The highest BCUT2D eigenvalue weighted by Crippen LogP contribution is 2.04. The molecule has 0 aliphatic rings.